The van der Waals surface area contributed by atoms with Crippen LogP contribution in [-0.4, -0.2) is 87.1 Å². The molecule has 3 heterocycles. The van der Waals surface area contributed by atoms with Crippen LogP contribution in [0.2, 0.25) is 0 Å². The highest BCUT2D eigenvalue weighted by molar-refractivity contribution is 5.99. The summed E-state index contributed by atoms with van der Waals surface area (Å²) in [6.07, 6.45) is 4.82. The van der Waals surface area contributed by atoms with Gasteiger partial charge >= 0.3 is 0 Å². The second kappa shape index (κ2) is 11.0. The van der Waals surface area contributed by atoms with Gasteiger partial charge in [0.15, 0.2) is 0 Å². The van der Waals surface area contributed by atoms with Crippen molar-refractivity contribution in [3.8, 4) is 0 Å². The number of carbonyl (C=O) groups is 3. The van der Waals surface area contributed by atoms with Crippen LogP contribution < -0.4 is 0 Å². The van der Waals surface area contributed by atoms with Crippen molar-refractivity contribution in [1.29, 1.82) is 0 Å². The van der Waals surface area contributed by atoms with Gasteiger partial charge in [0.1, 0.15) is 11.6 Å². The topological polar surface area (TPSA) is 90.4 Å². The molecule has 206 valence electrons. The number of nitrogens with zero attached hydrogens (tertiary/aromatic N) is 3. The number of fused-ring (bicyclic) bond motifs is 1. The average Bonchev–Trinajstić information content (AvgIpc) is 3.46. The van der Waals surface area contributed by atoms with E-state index in [2.05, 4.69) is 13.2 Å². The molecule has 1 aromatic rings. The van der Waals surface area contributed by atoms with Crippen LogP contribution >= 0.6 is 0 Å². The van der Waals surface area contributed by atoms with Crippen LogP contribution in [-0.2, 0) is 25.7 Å². The largest absolute Gasteiger partial charge is 0.396 e. The van der Waals surface area contributed by atoms with Gasteiger partial charge in [-0.3, -0.25) is 14.4 Å². The van der Waals surface area contributed by atoms with Crippen LogP contribution in [0, 0.1) is 11.8 Å². The number of rotatable bonds is 12. The highest BCUT2D eigenvalue weighted by Crippen LogP contribution is 2.63. The second-order valence-electron chi connectivity index (χ2n) is 11.2. The van der Waals surface area contributed by atoms with Crippen LogP contribution in [0.3, 0.4) is 0 Å². The molecule has 0 aromatic heterocycles. The summed E-state index contributed by atoms with van der Waals surface area (Å²) < 4.78 is 6.73. The summed E-state index contributed by atoms with van der Waals surface area (Å²) in [4.78, 5) is 47.5. The lowest BCUT2D eigenvalue weighted by Crippen LogP contribution is -2.57. The van der Waals surface area contributed by atoms with Gasteiger partial charge in [0.2, 0.25) is 17.7 Å². The van der Waals surface area contributed by atoms with Crippen molar-refractivity contribution in [2.75, 3.05) is 26.2 Å². The molecule has 1 N–H and O–H groups in total. The molecule has 2 bridgehead atoms. The van der Waals surface area contributed by atoms with Crippen molar-refractivity contribution in [1.82, 2.24) is 14.7 Å². The van der Waals surface area contributed by atoms with Crippen LogP contribution in [0.25, 0.3) is 0 Å². The molecule has 1 aromatic carbocycles. The molecule has 8 heteroatoms. The predicted molar refractivity (Wildman–Crippen MR) is 145 cm³/mol. The minimum Gasteiger partial charge on any atom is -0.396 e. The molecule has 0 saturated carbocycles. The molecule has 2 unspecified atom stereocenters. The fraction of sp³-hybridized carbons (Fsp3) is 0.567. The summed E-state index contributed by atoms with van der Waals surface area (Å²) in [5, 5.41) is 9.56. The van der Waals surface area contributed by atoms with Gasteiger partial charge in [0.05, 0.1) is 17.4 Å². The van der Waals surface area contributed by atoms with E-state index in [0.717, 1.165) is 5.56 Å². The minimum atomic E-state index is -1.08. The summed E-state index contributed by atoms with van der Waals surface area (Å²) >= 11 is 0. The molecular weight excluding hydrogens is 482 g/mol. The molecule has 3 saturated heterocycles. The van der Waals surface area contributed by atoms with E-state index in [0.29, 0.717) is 38.9 Å². The van der Waals surface area contributed by atoms with E-state index in [9.17, 15) is 19.5 Å². The zero-order valence-corrected chi connectivity index (χ0v) is 22.8. The van der Waals surface area contributed by atoms with E-state index in [1.54, 1.807) is 26.9 Å². The highest BCUT2D eigenvalue weighted by atomic mass is 16.5. The van der Waals surface area contributed by atoms with Gasteiger partial charge in [-0.05, 0) is 45.6 Å². The van der Waals surface area contributed by atoms with Gasteiger partial charge in [-0.1, -0.05) is 42.5 Å². The Morgan fingerprint density at radius 1 is 1.16 bits per heavy atom. The molecule has 5 atom stereocenters. The van der Waals surface area contributed by atoms with Crippen LogP contribution in [0.5, 0.6) is 0 Å². The first-order valence-electron chi connectivity index (χ1n) is 13.6. The fourth-order valence-corrected chi connectivity index (χ4v) is 6.80. The molecule has 3 aliphatic rings. The number of hydrogen-bond donors (Lipinski definition) is 1. The lowest BCUT2D eigenvalue weighted by Gasteiger charge is -2.38. The number of hydrogen-bond acceptors (Lipinski definition) is 5. The molecule has 8 nitrogen and oxygen atoms in total. The third-order valence-electron chi connectivity index (χ3n) is 8.44. The van der Waals surface area contributed by atoms with E-state index in [1.165, 1.54) is 0 Å². The number of likely N-dealkylation sites (tertiary alicyclic amines) is 1. The number of benzene rings is 1. The molecule has 38 heavy (non-hydrogen) atoms. The van der Waals surface area contributed by atoms with E-state index >= 15 is 0 Å². The summed E-state index contributed by atoms with van der Waals surface area (Å²) in [5.41, 5.74) is -0.950. The standard InChI is InChI=1S/C30H41N3O5/c1-6-16-31(20-22-12-9-8-10-13-22)26(35)23-24-27(36)33(18-11-19-34)25(28(37)32(17-7-2)21(3)4)30(24)15-14-29(23,5)38-30/h6-10,12-13,21,23-25,34H,1-2,11,14-20H2,3-5H3/t23-,24+,25?,29+,30?/m1/s1. The van der Waals surface area contributed by atoms with E-state index in [1.807, 2.05) is 51.1 Å². The van der Waals surface area contributed by atoms with Gasteiger partial charge in [-0.25, -0.2) is 0 Å². The Bertz CT molecular complexity index is 1070. The molecule has 1 spiro atoms. The zero-order valence-electron chi connectivity index (χ0n) is 22.8. The fourth-order valence-electron chi connectivity index (χ4n) is 6.80. The predicted octanol–water partition coefficient (Wildman–Crippen LogP) is 2.77. The zero-order chi connectivity index (χ0) is 27.7. The molecule has 0 aliphatic carbocycles. The maximum atomic E-state index is 14.2. The summed E-state index contributed by atoms with van der Waals surface area (Å²) in [5.74, 6) is -2.06. The van der Waals surface area contributed by atoms with Crippen molar-refractivity contribution < 1.29 is 24.2 Å². The lowest BCUT2D eigenvalue weighted by atomic mass is 9.66. The Kier molecular flexibility index (Phi) is 8.14. The third kappa shape index (κ3) is 4.58. The number of amides is 3. The Morgan fingerprint density at radius 2 is 1.84 bits per heavy atom. The Hall–Kier alpha value is -2.97. The number of carbonyl (C=O) groups excluding carboxylic acids is 3. The molecular formula is C30H41N3O5. The average molecular weight is 524 g/mol. The minimum absolute atomic E-state index is 0.103. The SMILES string of the molecule is C=CCN(Cc1ccccc1)C(=O)[C@H]1[C@H]2C(=O)N(CCCO)C(C(=O)N(CC=C)C(C)C)C23CC[C@]1(C)O3. The number of aliphatic hydroxyl groups excluding tert-OH is 1. The monoisotopic (exact) mass is 523 g/mol. The smallest absolute Gasteiger partial charge is 0.248 e. The van der Waals surface area contributed by atoms with E-state index in [-0.39, 0.29) is 36.9 Å². The number of ether oxygens (including phenoxy) is 1. The first kappa shape index (κ1) is 28.0. The lowest BCUT2D eigenvalue weighted by molar-refractivity contribution is -0.154. The highest BCUT2D eigenvalue weighted by Gasteiger charge is 2.78. The maximum absolute atomic E-state index is 14.2. The molecule has 4 rings (SSSR count). The van der Waals surface area contributed by atoms with Crippen molar-refractivity contribution in [3.63, 3.8) is 0 Å². The summed E-state index contributed by atoms with van der Waals surface area (Å²) in [6.45, 7) is 14.6. The van der Waals surface area contributed by atoms with Gasteiger partial charge < -0.3 is 24.5 Å². The van der Waals surface area contributed by atoms with Gasteiger partial charge in [0.25, 0.3) is 0 Å². The molecule has 0 radical (unpaired) electrons. The van der Waals surface area contributed by atoms with Crippen LogP contribution in [0.15, 0.2) is 55.6 Å². The van der Waals surface area contributed by atoms with Crippen LogP contribution in [0.1, 0.15) is 45.6 Å². The number of aliphatic hydroxyl groups is 1. The van der Waals surface area contributed by atoms with Gasteiger partial charge in [0, 0.05) is 38.8 Å². The first-order valence-corrected chi connectivity index (χ1v) is 13.6. The van der Waals surface area contributed by atoms with E-state index < -0.39 is 29.1 Å². The van der Waals surface area contributed by atoms with E-state index in [4.69, 9.17) is 4.74 Å². The van der Waals surface area contributed by atoms with Crippen LogP contribution in [0.4, 0.5) is 0 Å². The first-order chi connectivity index (χ1) is 18.1. The van der Waals surface area contributed by atoms with Gasteiger partial charge in [-0.2, -0.15) is 0 Å². The van der Waals surface area contributed by atoms with Gasteiger partial charge in [-0.15, -0.1) is 13.2 Å². The summed E-state index contributed by atoms with van der Waals surface area (Å²) in [7, 11) is 0. The van der Waals surface area contributed by atoms with Crippen molar-refractivity contribution in [2.24, 2.45) is 11.8 Å². The molecule has 3 amide bonds. The Morgan fingerprint density at radius 3 is 2.45 bits per heavy atom. The van der Waals surface area contributed by atoms with Crippen molar-refractivity contribution in [3.05, 3.63) is 61.2 Å². The second-order valence-corrected chi connectivity index (χ2v) is 11.2. The Labute approximate surface area is 225 Å². The molecule has 3 aliphatic heterocycles. The van der Waals surface area contributed by atoms with Crippen molar-refractivity contribution in [2.45, 2.75) is 69.9 Å². The Balaban J connectivity index is 1.74. The third-order valence-corrected chi connectivity index (χ3v) is 8.44. The quantitative estimate of drug-likeness (QED) is 0.426. The van der Waals surface area contributed by atoms with Crippen molar-refractivity contribution >= 4 is 17.7 Å². The summed E-state index contributed by atoms with van der Waals surface area (Å²) in [6, 6.07) is 8.78. The maximum Gasteiger partial charge on any atom is 0.248 e. The molecule has 3 fully saturated rings. The normalized spacial score (nSPS) is 29.4.